The number of aromatic amines is 1. The van der Waals surface area contributed by atoms with Gasteiger partial charge in [0.15, 0.2) is 0 Å². The summed E-state index contributed by atoms with van der Waals surface area (Å²) in [5.41, 5.74) is 1.66. The lowest BCUT2D eigenvalue weighted by Crippen LogP contribution is -2.28. The predicted molar refractivity (Wildman–Crippen MR) is 101 cm³/mol. The van der Waals surface area contributed by atoms with E-state index in [1.165, 1.54) is 0 Å². The summed E-state index contributed by atoms with van der Waals surface area (Å²) in [6, 6.07) is 7.82. The molecule has 2 aromatic heterocycles. The number of rotatable bonds is 2. The third kappa shape index (κ3) is 3.52. The Morgan fingerprint density at radius 2 is 1.89 bits per heavy atom. The van der Waals surface area contributed by atoms with Gasteiger partial charge in [0.2, 0.25) is 0 Å². The van der Waals surface area contributed by atoms with Gasteiger partial charge in [-0.05, 0) is 67.1 Å². The number of hydrogen-bond donors (Lipinski definition) is 1. The van der Waals surface area contributed by atoms with Crippen molar-refractivity contribution in [3.05, 3.63) is 51.5 Å². The highest BCUT2D eigenvalue weighted by Crippen LogP contribution is 2.44. The zero-order valence-corrected chi connectivity index (χ0v) is 15.6. The molecule has 0 amide bonds. The average Bonchev–Trinajstić information content (AvgIpc) is 3.08. The monoisotopic (exact) mass is 392 g/mol. The highest BCUT2D eigenvalue weighted by molar-refractivity contribution is 7.17. The minimum Gasteiger partial charge on any atom is -0.310 e. The molecule has 1 fully saturated rings. The maximum atomic E-state index is 13.0. The van der Waals surface area contributed by atoms with Crippen LogP contribution in [0, 0.1) is 12.8 Å². The Morgan fingerprint density at radius 1 is 1.15 bits per heavy atom. The summed E-state index contributed by atoms with van der Waals surface area (Å²) in [6.07, 6.45) is -3.17. The van der Waals surface area contributed by atoms with E-state index in [1.807, 2.05) is 29.6 Å². The summed E-state index contributed by atoms with van der Waals surface area (Å²) in [5, 5.41) is 3.04. The molecule has 0 unspecified atom stereocenters. The van der Waals surface area contributed by atoms with Crippen molar-refractivity contribution >= 4 is 21.4 Å². The van der Waals surface area contributed by atoms with Gasteiger partial charge in [-0.15, -0.1) is 11.3 Å². The molecule has 7 heteroatoms. The van der Waals surface area contributed by atoms with Gasteiger partial charge in [0.1, 0.15) is 5.82 Å². The van der Waals surface area contributed by atoms with E-state index in [0.29, 0.717) is 29.9 Å². The summed E-state index contributed by atoms with van der Waals surface area (Å²) in [6.45, 7) is 1.71. The molecule has 1 aromatic carbocycles. The molecule has 1 N–H and O–H groups in total. The Morgan fingerprint density at radius 3 is 2.59 bits per heavy atom. The Balaban J connectivity index is 1.74. The van der Waals surface area contributed by atoms with Crippen molar-refractivity contribution in [1.29, 1.82) is 0 Å². The summed E-state index contributed by atoms with van der Waals surface area (Å²) >= 11 is 1.62. The van der Waals surface area contributed by atoms with Crippen LogP contribution < -0.4 is 5.56 Å². The second-order valence-electron chi connectivity index (χ2n) is 7.17. The van der Waals surface area contributed by atoms with Gasteiger partial charge in [-0.25, -0.2) is 4.98 Å². The van der Waals surface area contributed by atoms with Crippen LogP contribution in [-0.4, -0.2) is 16.1 Å². The summed E-state index contributed by atoms with van der Waals surface area (Å²) in [7, 11) is 0. The van der Waals surface area contributed by atoms with E-state index >= 15 is 0 Å². The molecule has 0 spiro atoms. The summed E-state index contributed by atoms with van der Waals surface area (Å²) in [4.78, 5) is 20.0. The Kier molecular flexibility index (Phi) is 4.58. The molecule has 0 atom stereocenters. The van der Waals surface area contributed by atoms with E-state index in [0.717, 1.165) is 15.6 Å². The molecular formula is C20H19F3N2OS. The normalized spacial score (nSPS) is 20.9. The Hall–Kier alpha value is -2.15. The standard InChI is InChI=1S/C20H19F3N2OS/c1-11-24-18(12-2-5-15(6-3-12)20(21,22)23)17(19(26)25-11)14-4-7-16-13(10-14)8-9-27-16/h4,7-10,12,15H,2-3,5-6H2,1H3,(H,24,25,26). The van der Waals surface area contributed by atoms with Crippen LogP contribution in [0.2, 0.25) is 0 Å². The first-order valence-electron chi connectivity index (χ1n) is 8.98. The highest BCUT2D eigenvalue weighted by atomic mass is 32.1. The van der Waals surface area contributed by atoms with Crippen molar-refractivity contribution < 1.29 is 13.2 Å². The van der Waals surface area contributed by atoms with Crippen molar-refractivity contribution in [3.63, 3.8) is 0 Å². The number of alkyl halides is 3. The number of aromatic nitrogens is 2. The van der Waals surface area contributed by atoms with Crippen molar-refractivity contribution in [2.75, 3.05) is 0 Å². The molecule has 1 aliphatic rings. The SMILES string of the molecule is Cc1nc(C2CCC(C(F)(F)F)CC2)c(-c2ccc3sccc3c2)c(=O)[nH]1. The zero-order valence-electron chi connectivity index (χ0n) is 14.8. The molecule has 0 aliphatic heterocycles. The van der Waals surface area contributed by atoms with Crippen LogP contribution in [0.15, 0.2) is 34.4 Å². The van der Waals surface area contributed by atoms with Gasteiger partial charge in [0, 0.05) is 10.6 Å². The van der Waals surface area contributed by atoms with Gasteiger partial charge >= 0.3 is 6.18 Å². The molecule has 2 heterocycles. The Bertz CT molecular complexity index is 1030. The maximum absolute atomic E-state index is 13.0. The summed E-state index contributed by atoms with van der Waals surface area (Å²) < 4.78 is 40.1. The van der Waals surface area contributed by atoms with Crippen LogP contribution in [0.25, 0.3) is 21.2 Å². The van der Waals surface area contributed by atoms with E-state index in [1.54, 1.807) is 18.3 Å². The molecule has 1 saturated carbocycles. The van der Waals surface area contributed by atoms with E-state index in [2.05, 4.69) is 9.97 Å². The van der Waals surface area contributed by atoms with Crippen molar-refractivity contribution in [1.82, 2.24) is 9.97 Å². The van der Waals surface area contributed by atoms with Crippen LogP contribution in [0.5, 0.6) is 0 Å². The van der Waals surface area contributed by atoms with Crippen LogP contribution >= 0.6 is 11.3 Å². The van der Waals surface area contributed by atoms with Gasteiger partial charge in [0.05, 0.1) is 17.2 Å². The van der Waals surface area contributed by atoms with Gasteiger partial charge in [-0.2, -0.15) is 13.2 Å². The summed E-state index contributed by atoms with van der Waals surface area (Å²) in [5.74, 6) is -0.881. The minimum atomic E-state index is -4.14. The lowest BCUT2D eigenvalue weighted by molar-refractivity contribution is -0.182. The fourth-order valence-electron chi connectivity index (χ4n) is 4.00. The molecule has 27 heavy (non-hydrogen) atoms. The fourth-order valence-corrected chi connectivity index (χ4v) is 4.77. The van der Waals surface area contributed by atoms with E-state index in [4.69, 9.17) is 0 Å². The minimum absolute atomic E-state index is 0.0880. The number of H-pyrrole nitrogens is 1. The number of nitrogens with zero attached hydrogens (tertiary/aromatic N) is 1. The zero-order chi connectivity index (χ0) is 19.2. The highest BCUT2D eigenvalue weighted by Gasteiger charge is 2.42. The first-order valence-corrected chi connectivity index (χ1v) is 9.86. The largest absolute Gasteiger partial charge is 0.391 e. The average molecular weight is 392 g/mol. The second kappa shape index (κ2) is 6.78. The molecule has 3 nitrogen and oxygen atoms in total. The first-order chi connectivity index (χ1) is 12.8. The van der Waals surface area contributed by atoms with Gasteiger partial charge in [-0.3, -0.25) is 4.79 Å². The number of fused-ring (bicyclic) bond motifs is 1. The maximum Gasteiger partial charge on any atom is 0.391 e. The second-order valence-corrected chi connectivity index (χ2v) is 8.12. The lowest BCUT2D eigenvalue weighted by Gasteiger charge is -2.30. The van der Waals surface area contributed by atoms with Gasteiger partial charge in [-0.1, -0.05) is 6.07 Å². The lowest BCUT2D eigenvalue weighted by atomic mass is 9.78. The quantitative estimate of drug-likeness (QED) is 0.599. The molecule has 0 radical (unpaired) electrons. The number of thiophene rings is 1. The number of benzene rings is 1. The van der Waals surface area contributed by atoms with Gasteiger partial charge in [0.25, 0.3) is 5.56 Å². The predicted octanol–water partition coefficient (Wildman–Crippen LogP) is 5.80. The van der Waals surface area contributed by atoms with Crippen LogP contribution in [0.1, 0.15) is 43.1 Å². The van der Waals surface area contributed by atoms with Crippen molar-refractivity contribution in [2.24, 2.45) is 5.92 Å². The molecule has 0 bridgehead atoms. The molecule has 4 rings (SSSR count). The molecular weight excluding hydrogens is 373 g/mol. The number of hydrogen-bond acceptors (Lipinski definition) is 3. The first kappa shape index (κ1) is 18.2. The van der Waals surface area contributed by atoms with Crippen molar-refractivity contribution in [3.8, 4) is 11.1 Å². The fraction of sp³-hybridized carbons (Fsp3) is 0.400. The molecule has 1 aliphatic carbocycles. The number of halogens is 3. The molecule has 3 aromatic rings. The third-order valence-electron chi connectivity index (χ3n) is 5.38. The van der Waals surface area contributed by atoms with Crippen LogP contribution in [0.3, 0.4) is 0 Å². The van der Waals surface area contributed by atoms with E-state index < -0.39 is 12.1 Å². The Labute approximate surface area is 158 Å². The van der Waals surface area contributed by atoms with E-state index in [-0.39, 0.29) is 24.3 Å². The smallest absolute Gasteiger partial charge is 0.310 e. The van der Waals surface area contributed by atoms with Crippen molar-refractivity contribution in [2.45, 2.75) is 44.7 Å². The number of nitrogens with one attached hydrogen (secondary N) is 1. The van der Waals surface area contributed by atoms with E-state index in [9.17, 15) is 18.0 Å². The number of aryl methyl sites for hydroxylation is 1. The topological polar surface area (TPSA) is 45.8 Å². The molecule has 0 saturated heterocycles. The van der Waals surface area contributed by atoms with Crippen LogP contribution in [-0.2, 0) is 0 Å². The molecule has 142 valence electrons. The van der Waals surface area contributed by atoms with Gasteiger partial charge < -0.3 is 4.98 Å². The third-order valence-corrected chi connectivity index (χ3v) is 6.28. The van der Waals surface area contributed by atoms with Crippen LogP contribution in [0.4, 0.5) is 13.2 Å².